The van der Waals surface area contributed by atoms with Crippen molar-refractivity contribution in [2.24, 2.45) is 0 Å². The number of aromatic nitrogens is 2. The van der Waals surface area contributed by atoms with Gasteiger partial charge in [-0.25, -0.2) is 14.8 Å². The molecule has 0 unspecified atom stereocenters. The number of ether oxygens (including phenoxy) is 2. The van der Waals surface area contributed by atoms with E-state index in [-0.39, 0.29) is 5.56 Å². The summed E-state index contributed by atoms with van der Waals surface area (Å²) in [4.78, 5) is 21.7. The Kier molecular flexibility index (Phi) is 5.73. The highest BCUT2D eigenvalue weighted by molar-refractivity contribution is 7.16. The number of aryl methyl sites for hydroxylation is 1. The lowest BCUT2D eigenvalue weighted by molar-refractivity contribution is 0.0697. The number of hydrogen-bond acceptors (Lipinski definition) is 7. The highest BCUT2D eigenvalue weighted by Crippen LogP contribution is 2.31. The maximum Gasteiger partial charge on any atom is 0.336 e. The van der Waals surface area contributed by atoms with Crippen LogP contribution >= 0.6 is 11.3 Å². The fourth-order valence-electron chi connectivity index (χ4n) is 3.33. The Morgan fingerprint density at radius 3 is 2.68 bits per heavy atom. The van der Waals surface area contributed by atoms with Crippen molar-refractivity contribution >= 4 is 33.2 Å². The molecule has 4 rings (SSSR count). The van der Waals surface area contributed by atoms with Crippen LogP contribution < -0.4 is 14.8 Å². The van der Waals surface area contributed by atoms with Gasteiger partial charge in [-0.05, 0) is 53.8 Å². The lowest BCUT2D eigenvalue weighted by Gasteiger charge is -2.15. The van der Waals surface area contributed by atoms with Crippen LogP contribution in [0.4, 0.5) is 5.69 Å². The van der Waals surface area contributed by atoms with E-state index in [0.29, 0.717) is 29.4 Å². The van der Waals surface area contributed by atoms with Crippen molar-refractivity contribution in [3.05, 3.63) is 64.7 Å². The molecule has 0 aliphatic carbocycles. The van der Waals surface area contributed by atoms with Gasteiger partial charge >= 0.3 is 5.97 Å². The quantitative estimate of drug-likeness (QED) is 0.422. The topological polar surface area (TPSA) is 93.6 Å². The summed E-state index contributed by atoms with van der Waals surface area (Å²) in [5.74, 6) is 0.690. The number of nitrogens with one attached hydrogen (secondary N) is 1. The molecule has 2 aromatic heterocycles. The summed E-state index contributed by atoms with van der Waals surface area (Å²) in [7, 11) is 3.20. The number of methoxy groups -OCH3 is 2. The minimum atomic E-state index is -1.01. The zero-order valence-corrected chi connectivity index (χ0v) is 18.1. The van der Waals surface area contributed by atoms with E-state index in [1.54, 1.807) is 32.5 Å². The Morgan fingerprint density at radius 1 is 1.13 bits per heavy atom. The molecule has 0 aliphatic rings. The average molecular weight is 436 g/mol. The first-order chi connectivity index (χ1) is 15.0. The first-order valence-electron chi connectivity index (χ1n) is 9.53. The van der Waals surface area contributed by atoms with E-state index >= 15 is 0 Å². The van der Waals surface area contributed by atoms with Crippen LogP contribution in [-0.4, -0.2) is 35.3 Å². The van der Waals surface area contributed by atoms with Gasteiger partial charge in [0.2, 0.25) is 0 Å². The number of aromatic carboxylic acids is 1. The van der Waals surface area contributed by atoms with Gasteiger partial charge in [0, 0.05) is 29.4 Å². The van der Waals surface area contributed by atoms with Gasteiger partial charge in [0.25, 0.3) is 0 Å². The Balaban J connectivity index is 1.68. The molecular weight excluding hydrogens is 414 g/mol. The van der Waals surface area contributed by atoms with E-state index in [9.17, 15) is 9.90 Å². The van der Waals surface area contributed by atoms with Gasteiger partial charge in [-0.2, -0.15) is 0 Å². The summed E-state index contributed by atoms with van der Waals surface area (Å²) < 4.78 is 10.7. The number of carbonyl (C=O) groups is 1. The molecule has 0 saturated carbocycles. The highest BCUT2D eigenvalue weighted by atomic mass is 32.1. The minimum absolute atomic E-state index is 0.171. The van der Waals surface area contributed by atoms with Crippen LogP contribution in [0.2, 0.25) is 0 Å². The van der Waals surface area contributed by atoms with E-state index < -0.39 is 5.97 Å². The Morgan fingerprint density at radius 2 is 1.94 bits per heavy atom. The van der Waals surface area contributed by atoms with Crippen LogP contribution in [0.1, 0.15) is 21.5 Å². The summed E-state index contributed by atoms with van der Waals surface area (Å²) in [5, 5.41) is 16.0. The second kappa shape index (κ2) is 8.61. The smallest absolute Gasteiger partial charge is 0.336 e. The molecule has 31 heavy (non-hydrogen) atoms. The lowest BCUT2D eigenvalue weighted by atomic mass is 10.0. The molecule has 8 heteroatoms. The summed E-state index contributed by atoms with van der Waals surface area (Å²) >= 11 is 1.50. The Bertz CT molecular complexity index is 1270. The number of benzene rings is 2. The average Bonchev–Trinajstić information content (AvgIpc) is 3.25. The molecule has 4 aromatic rings. The SMILES string of the molecule is COc1ccc(CNc2cc(-c3ncc4ccsc4n3)c(C(=O)O)cc2C)cc1OC. The zero-order valence-electron chi connectivity index (χ0n) is 17.3. The van der Waals surface area contributed by atoms with Crippen LogP contribution in [0.25, 0.3) is 21.6 Å². The van der Waals surface area contributed by atoms with Gasteiger partial charge in [-0.1, -0.05) is 6.07 Å². The largest absolute Gasteiger partial charge is 0.493 e. The fraction of sp³-hybridized carbons (Fsp3) is 0.174. The van der Waals surface area contributed by atoms with E-state index in [1.807, 2.05) is 36.6 Å². The van der Waals surface area contributed by atoms with E-state index in [2.05, 4.69) is 15.3 Å². The Hall–Kier alpha value is -3.65. The van der Waals surface area contributed by atoms with Crippen LogP contribution in [0.3, 0.4) is 0 Å². The van der Waals surface area contributed by atoms with Crippen molar-refractivity contribution < 1.29 is 19.4 Å². The van der Waals surface area contributed by atoms with Gasteiger partial charge in [0.05, 0.1) is 19.8 Å². The van der Waals surface area contributed by atoms with Gasteiger partial charge in [0.1, 0.15) is 4.83 Å². The summed E-state index contributed by atoms with van der Waals surface area (Å²) in [6.07, 6.45) is 1.72. The fourth-order valence-corrected chi connectivity index (χ4v) is 4.07. The summed E-state index contributed by atoms with van der Waals surface area (Å²) in [6.45, 7) is 2.40. The first kappa shape index (κ1) is 20.6. The molecule has 0 amide bonds. The van der Waals surface area contributed by atoms with E-state index in [4.69, 9.17) is 9.47 Å². The molecule has 2 aromatic carbocycles. The van der Waals surface area contributed by atoms with Crippen molar-refractivity contribution in [1.82, 2.24) is 9.97 Å². The van der Waals surface area contributed by atoms with Crippen molar-refractivity contribution in [2.45, 2.75) is 13.5 Å². The summed E-state index contributed by atoms with van der Waals surface area (Å²) in [6, 6.07) is 11.1. The van der Waals surface area contributed by atoms with Crippen molar-refractivity contribution in [1.29, 1.82) is 0 Å². The van der Waals surface area contributed by atoms with Gasteiger partial charge < -0.3 is 19.9 Å². The van der Waals surface area contributed by atoms with Crippen LogP contribution in [0.5, 0.6) is 11.5 Å². The normalized spacial score (nSPS) is 10.8. The maximum absolute atomic E-state index is 11.9. The number of carboxylic acids is 1. The first-order valence-corrected chi connectivity index (χ1v) is 10.4. The van der Waals surface area contributed by atoms with Gasteiger partial charge in [-0.15, -0.1) is 11.3 Å². The third-order valence-corrected chi connectivity index (χ3v) is 5.80. The van der Waals surface area contributed by atoms with Crippen molar-refractivity contribution in [2.75, 3.05) is 19.5 Å². The molecule has 0 aliphatic heterocycles. The van der Waals surface area contributed by atoms with E-state index in [0.717, 1.165) is 27.0 Å². The predicted molar refractivity (Wildman–Crippen MR) is 121 cm³/mol. The molecule has 0 saturated heterocycles. The van der Waals surface area contributed by atoms with Crippen LogP contribution in [0.15, 0.2) is 48.0 Å². The van der Waals surface area contributed by atoms with Gasteiger partial charge in [0.15, 0.2) is 17.3 Å². The zero-order chi connectivity index (χ0) is 22.0. The van der Waals surface area contributed by atoms with Crippen LogP contribution in [-0.2, 0) is 6.54 Å². The second-order valence-corrected chi connectivity index (χ2v) is 7.83. The number of nitrogens with zero attached hydrogens (tertiary/aromatic N) is 2. The number of anilines is 1. The third-order valence-electron chi connectivity index (χ3n) is 4.97. The highest BCUT2D eigenvalue weighted by Gasteiger charge is 2.17. The molecule has 158 valence electrons. The number of thiophene rings is 1. The van der Waals surface area contributed by atoms with Crippen LogP contribution in [0, 0.1) is 6.92 Å². The molecular formula is C23H21N3O4S. The van der Waals surface area contributed by atoms with Crippen molar-refractivity contribution in [3.63, 3.8) is 0 Å². The molecule has 0 atom stereocenters. The number of hydrogen-bond donors (Lipinski definition) is 2. The molecule has 7 nitrogen and oxygen atoms in total. The molecule has 2 N–H and O–H groups in total. The molecule has 0 spiro atoms. The monoisotopic (exact) mass is 435 g/mol. The molecule has 0 radical (unpaired) electrons. The van der Waals surface area contributed by atoms with Crippen molar-refractivity contribution in [3.8, 4) is 22.9 Å². The number of carboxylic acid groups (broad SMARTS) is 1. The minimum Gasteiger partial charge on any atom is -0.493 e. The second-order valence-electron chi connectivity index (χ2n) is 6.94. The Labute approximate surface area is 183 Å². The lowest BCUT2D eigenvalue weighted by Crippen LogP contribution is -2.07. The molecule has 0 bridgehead atoms. The molecule has 2 heterocycles. The molecule has 0 fully saturated rings. The maximum atomic E-state index is 11.9. The van der Waals surface area contributed by atoms with Gasteiger partial charge in [-0.3, -0.25) is 0 Å². The van der Waals surface area contributed by atoms with E-state index in [1.165, 1.54) is 11.3 Å². The number of rotatable bonds is 7. The standard InChI is InChI=1S/C23H21N3O4S/c1-13-8-17(23(27)28)16(21-25-12-15-6-7-31-22(15)26-21)10-18(13)24-11-14-4-5-19(29-2)20(9-14)30-3/h4-10,12,24H,11H2,1-3H3,(H,27,28). The predicted octanol–water partition coefficient (Wildman–Crippen LogP) is 4.99. The summed E-state index contributed by atoms with van der Waals surface area (Å²) in [5.41, 5.74) is 3.27. The number of fused-ring (bicyclic) bond motifs is 1. The third kappa shape index (κ3) is 4.15.